The van der Waals surface area contributed by atoms with Gasteiger partial charge in [0.15, 0.2) is 0 Å². The van der Waals surface area contributed by atoms with E-state index in [0.29, 0.717) is 12.3 Å². The molecule has 3 rings (SSSR count). The lowest BCUT2D eigenvalue weighted by Gasteiger charge is -2.56. The average Bonchev–Trinajstić information content (AvgIpc) is 3.14. The molecule has 4 heteroatoms. The molecule has 0 aromatic rings. The van der Waals surface area contributed by atoms with Gasteiger partial charge in [-0.3, -0.25) is 9.59 Å². The van der Waals surface area contributed by atoms with Crippen molar-refractivity contribution in [2.45, 2.75) is 76.4 Å². The maximum atomic E-state index is 13.0. The van der Waals surface area contributed by atoms with Gasteiger partial charge in [0.1, 0.15) is 11.6 Å². The predicted octanol–water partition coefficient (Wildman–Crippen LogP) is 1.83. The van der Waals surface area contributed by atoms with E-state index in [2.05, 4.69) is 12.2 Å². The Morgan fingerprint density at radius 2 is 1.89 bits per heavy atom. The van der Waals surface area contributed by atoms with Crippen LogP contribution in [0.15, 0.2) is 0 Å². The molecule has 1 saturated heterocycles. The summed E-state index contributed by atoms with van der Waals surface area (Å²) in [6, 6.07) is -0.273. The minimum Gasteiger partial charge on any atom is -0.340 e. The zero-order valence-corrected chi connectivity index (χ0v) is 12.2. The molecule has 2 amide bonds. The van der Waals surface area contributed by atoms with Crippen LogP contribution in [0.1, 0.15) is 59.3 Å². The van der Waals surface area contributed by atoms with E-state index in [9.17, 15) is 9.59 Å². The Morgan fingerprint density at radius 1 is 1.26 bits per heavy atom. The van der Waals surface area contributed by atoms with Gasteiger partial charge in [-0.2, -0.15) is 0 Å². The van der Waals surface area contributed by atoms with Crippen LogP contribution >= 0.6 is 0 Å². The van der Waals surface area contributed by atoms with Crippen molar-refractivity contribution in [2.75, 3.05) is 0 Å². The second kappa shape index (κ2) is 3.97. The van der Waals surface area contributed by atoms with E-state index in [1.807, 2.05) is 18.7 Å². The summed E-state index contributed by atoms with van der Waals surface area (Å²) in [4.78, 5) is 27.3. The Balaban J connectivity index is 1.96. The summed E-state index contributed by atoms with van der Waals surface area (Å²) >= 11 is 0. The van der Waals surface area contributed by atoms with Gasteiger partial charge in [0.2, 0.25) is 11.8 Å². The van der Waals surface area contributed by atoms with E-state index in [4.69, 9.17) is 0 Å². The Bertz CT molecular complexity index is 426. The van der Waals surface area contributed by atoms with Crippen LogP contribution in [0.25, 0.3) is 0 Å². The van der Waals surface area contributed by atoms with Crippen molar-refractivity contribution < 1.29 is 9.59 Å². The van der Waals surface area contributed by atoms with Crippen LogP contribution in [-0.2, 0) is 9.59 Å². The quantitative estimate of drug-likeness (QED) is 0.845. The highest BCUT2D eigenvalue weighted by Gasteiger charge is 2.59. The van der Waals surface area contributed by atoms with Crippen LogP contribution in [-0.4, -0.2) is 33.8 Å². The molecule has 106 valence electrons. The molecule has 1 aliphatic heterocycles. The molecule has 2 saturated carbocycles. The molecule has 3 aliphatic rings. The summed E-state index contributed by atoms with van der Waals surface area (Å²) in [5.74, 6) is 0.543. The SMILES string of the molecule is CCC1C(=O)NC(C)(C2CC2)C(=O)N1C1(C)CCC1. The Hall–Kier alpha value is -1.06. The lowest BCUT2D eigenvalue weighted by molar-refractivity contribution is -0.167. The minimum atomic E-state index is -0.651. The molecule has 0 aromatic carbocycles. The van der Waals surface area contributed by atoms with E-state index in [1.54, 1.807) is 0 Å². The fourth-order valence-corrected chi connectivity index (χ4v) is 3.76. The first-order valence-corrected chi connectivity index (χ1v) is 7.58. The summed E-state index contributed by atoms with van der Waals surface area (Å²) in [5.41, 5.74) is -0.743. The summed E-state index contributed by atoms with van der Waals surface area (Å²) in [7, 11) is 0. The van der Waals surface area contributed by atoms with Gasteiger partial charge >= 0.3 is 0 Å². The van der Waals surface area contributed by atoms with Gasteiger partial charge in [0, 0.05) is 5.54 Å². The molecule has 4 nitrogen and oxygen atoms in total. The van der Waals surface area contributed by atoms with Crippen molar-refractivity contribution in [3.63, 3.8) is 0 Å². The summed E-state index contributed by atoms with van der Waals surface area (Å²) in [5, 5.41) is 3.03. The summed E-state index contributed by atoms with van der Waals surface area (Å²) in [6.45, 7) is 6.06. The second-order valence-corrected chi connectivity index (χ2v) is 6.92. The standard InChI is InChI=1S/C15H24N2O2/c1-4-11-12(18)16-15(3,10-6-7-10)13(19)17(11)14(2)8-5-9-14/h10-11H,4-9H2,1-3H3,(H,16,18). The third-order valence-corrected chi connectivity index (χ3v) is 5.45. The van der Waals surface area contributed by atoms with E-state index < -0.39 is 5.54 Å². The monoisotopic (exact) mass is 264 g/mol. The van der Waals surface area contributed by atoms with E-state index >= 15 is 0 Å². The Kier molecular flexibility index (Phi) is 2.70. The number of amides is 2. The first kappa shape index (κ1) is 12.9. The third-order valence-electron chi connectivity index (χ3n) is 5.45. The van der Waals surface area contributed by atoms with E-state index in [1.165, 1.54) is 6.42 Å². The molecule has 0 spiro atoms. The largest absolute Gasteiger partial charge is 0.340 e. The fraction of sp³-hybridized carbons (Fsp3) is 0.867. The second-order valence-electron chi connectivity index (χ2n) is 6.92. The van der Waals surface area contributed by atoms with Crippen LogP contribution in [0.2, 0.25) is 0 Å². The van der Waals surface area contributed by atoms with Gasteiger partial charge in [-0.15, -0.1) is 0 Å². The van der Waals surface area contributed by atoms with Crippen LogP contribution in [0, 0.1) is 5.92 Å². The van der Waals surface area contributed by atoms with Crippen molar-refractivity contribution in [3.05, 3.63) is 0 Å². The highest BCUT2D eigenvalue weighted by Crippen LogP contribution is 2.47. The smallest absolute Gasteiger partial charge is 0.249 e. The fourth-order valence-electron chi connectivity index (χ4n) is 3.76. The molecular weight excluding hydrogens is 240 g/mol. The Labute approximate surface area is 114 Å². The van der Waals surface area contributed by atoms with Gasteiger partial charge in [-0.05, 0) is 58.3 Å². The molecule has 1 N–H and O–H groups in total. The van der Waals surface area contributed by atoms with Crippen molar-refractivity contribution in [3.8, 4) is 0 Å². The molecule has 1 heterocycles. The molecule has 2 unspecified atom stereocenters. The van der Waals surface area contributed by atoms with Crippen LogP contribution < -0.4 is 5.32 Å². The predicted molar refractivity (Wildman–Crippen MR) is 72.5 cm³/mol. The number of nitrogens with zero attached hydrogens (tertiary/aromatic N) is 1. The van der Waals surface area contributed by atoms with Crippen LogP contribution in [0.5, 0.6) is 0 Å². The maximum Gasteiger partial charge on any atom is 0.249 e. The highest BCUT2D eigenvalue weighted by atomic mass is 16.2. The molecule has 0 radical (unpaired) electrons. The molecule has 3 fully saturated rings. The number of hydrogen-bond donors (Lipinski definition) is 1. The zero-order valence-electron chi connectivity index (χ0n) is 12.2. The van der Waals surface area contributed by atoms with E-state index in [0.717, 1.165) is 25.7 Å². The molecular formula is C15H24N2O2. The van der Waals surface area contributed by atoms with Crippen molar-refractivity contribution >= 4 is 11.8 Å². The highest BCUT2D eigenvalue weighted by molar-refractivity contribution is 6.00. The number of carbonyl (C=O) groups is 2. The summed E-state index contributed by atoms with van der Waals surface area (Å²) in [6.07, 6.45) is 6.05. The lowest BCUT2D eigenvalue weighted by atomic mass is 9.73. The van der Waals surface area contributed by atoms with Crippen molar-refractivity contribution in [1.82, 2.24) is 10.2 Å². The van der Waals surface area contributed by atoms with Gasteiger partial charge in [-0.25, -0.2) is 0 Å². The molecule has 0 aromatic heterocycles. The van der Waals surface area contributed by atoms with Crippen LogP contribution in [0.3, 0.4) is 0 Å². The van der Waals surface area contributed by atoms with E-state index in [-0.39, 0.29) is 23.4 Å². The van der Waals surface area contributed by atoms with Gasteiger partial charge < -0.3 is 10.2 Å². The third kappa shape index (κ3) is 1.72. The number of nitrogens with one attached hydrogen (secondary N) is 1. The topological polar surface area (TPSA) is 49.4 Å². The first-order chi connectivity index (χ1) is 8.92. The zero-order chi connectivity index (χ0) is 13.8. The number of piperazine rings is 1. The summed E-state index contributed by atoms with van der Waals surface area (Å²) < 4.78 is 0. The Morgan fingerprint density at radius 3 is 2.32 bits per heavy atom. The lowest BCUT2D eigenvalue weighted by Crippen LogP contribution is -2.75. The van der Waals surface area contributed by atoms with Gasteiger partial charge in [0.05, 0.1) is 0 Å². The maximum absolute atomic E-state index is 13.0. The first-order valence-electron chi connectivity index (χ1n) is 7.58. The number of hydrogen-bond acceptors (Lipinski definition) is 2. The van der Waals surface area contributed by atoms with Crippen molar-refractivity contribution in [1.29, 1.82) is 0 Å². The molecule has 2 aliphatic carbocycles. The van der Waals surface area contributed by atoms with Gasteiger partial charge in [0.25, 0.3) is 0 Å². The van der Waals surface area contributed by atoms with Crippen LogP contribution in [0.4, 0.5) is 0 Å². The average molecular weight is 264 g/mol. The van der Waals surface area contributed by atoms with Crippen molar-refractivity contribution in [2.24, 2.45) is 5.92 Å². The number of carbonyl (C=O) groups excluding carboxylic acids is 2. The molecule has 2 atom stereocenters. The number of rotatable bonds is 3. The van der Waals surface area contributed by atoms with Gasteiger partial charge in [-0.1, -0.05) is 6.92 Å². The normalized spacial score (nSPS) is 37.8. The molecule has 0 bridgehead atoms. The molecule has 19 heavy (non-hydrogen) atoms. The minimum absolute atomic E-state index is 0.0459.